The third-order valence-corrected chi connectivity index (χ3v) is 9.08. The zero-order valence-corrected chi connectivity index (χ0v) is 26.0. The van der Waals surface area contributed by atoms with Crippen LogP contribution < -0.4 is 20.1 Å². The fourth-order valence-corrected chi connectivity index (χ4v) is 6.43. The normalized spacial score (nSPS) is 17.2. The number of benzene rings is 2. The zero-order valence-electron chi connectivity index (χ0n) is 25.2. The lowest BCUT2D eigenvalue weighted by Crippen LogP contribution is -2.36. The largest absolute Gasteiger partial charge is 0.495 e. The molecular weight excluding hydrogens is 595 g/mol. The Morgan fingerprint density at radius 2 is 1.82 bits per heavy atom. The van der Waals surface area contributed by atoms with Gasteiger partial charge < -0.3 is 24.8 Å². The van der Waals surface area contributed by atoms with E-state index in [0.29, 0.717) is 22.6 Å². The number of methoxy groups -OCH3 is 1. The van der Waals surface area contributed by atoms with Crippen LogP contribution in [0.15, 0.2) is 47.4 Å². The number of fused-ring (bicyclic) bond motifs is 1. The quantitative estimate of drug-likeness (QED) is 0.265. The van der Waals surface area contributed by atoms with Crippen molar-refractivity contribution in [3.05, 3.63) is 48.2 Å². The van der Waals surface area contributed by atoms with E-state index < -0.39 is 28.7 Å². The van der Waals surface area contributed by atoms with Crippen LogP contribution in [0.25, 0.3) is 10.9 Å². The summed E-state index contributed by atoms with van der Waals surface area (Å²) in [6.07, 6.45) is -0.376. The highest BCUT2D eigenvalue weighted by Gasteiger charge is 2.30. The first kappa shape index (κ1) is 33.0. The van der Waals surface area contributed by atoms with Crippen molar-refractivity contribution < 1.29 is 31.1 Å². The molecule has 1 aromatic heterocycles. The third-order valence-electron chi connectivity index (χ3n) is 7.71. The van der Waals surface area contributed by atoms with Gasteiger partial charge in [-0.25, -0.2) is 13.1 Å². The molecule has 238 valence electrons. The number of alkyl halides is 3. The molecular formula is C31H38F3N5O4S. The molecule has 1 amide bonds. The van der Waals surface area contributed by atoms with E-state index in [1.807, 2.05) is 10.8 Å². The Kier molecular flexibility index (Phi) is 10.4. The maximum absolute atomic E-state index is 13.6. The molecule has 0 bridgehead atoms. The fourth-order valence-electron chi connectivity index (χ4n) is 5.36. The van der Waals surface area contributed by atoms with E-state index in [9.17, 15) is 26.4 Å². The number of halogens is 3. The van der Waals surface area contributed by atoms with Gasteiger partial charge in [-0.05, 0) is 76.0 Å². The Labute approximate surface area is 256 Å². The minimum Gasteiger partial charge on any atom is -0.495 e. The summed E-state index contributed by atoms with van der Waals surface area (Å²) in [4.78, 5) is 13.7. The van der Waals surface area contributed by atoms with E-state index in [0.717, 1.165) is 31.4 Å². The molecule has 2 aromatic carbocycles. The molecule has 4 rings (SSSR count). The number of aromatic nitrogens is 1. The maximum atomic E-state index is 13.6. The van der Waals surface area contributed by atoms with Gasteiger partial charge in [0.15, 0.2) is 0 Å². The van der Waals surface area contributed by atoms with Crippen molar-refractivity contribution >= 4 is 38.2 Å². The van der Waals surface area contributed by atoms with Gasteiger partial charge in [0.25, 0.3) is 10.0 Å². The second-order valence-electron chi connectivity index (χ2n) is 11.0. The van der Waals surface area contributed by atoms with E-state index in [1.165, 1.54) is 36.8 Å². The van der Waals surface area contributed by atoms with E-state index in [4.69, 9.17) is 4.74 Å². The Bertz CT molecular complexity index is 1650. The molecule has 1 heterocycles. The first-order valence-corrected chi connectivity index (χ1v) is 15.9. The summed E-state index contributed by atoms with van der Waals surface area (Å²) in [6.45, 7) is 0.405. The summed E-state index contributed by atoms with van der Waals surface area (Å²) in [7, 11) is 1.45. The first-order valence-electron chi connectivity index (χ1n) is 14.4. The molecule has 3 aromatic rings. The summed E-state index contributed by atoms with van der Waals surface area (Å²) in [5, 5.41) is 7.26. The van der Waals surface area contributed by atoms with Crippen LogP contribution in [-0.2, 0) is 21.4 Å². The van der Waals surface area contributed by atoms with Gasteiger partial charge in [-0.15, -0.1) is 0 Å². The number of nitrogens with one attached hydrogen (secondary N) is 3. The van der Waals surface area contributed by atoms with Crippen LogP contribution in [0.3, 0.4) is 0 Å². The summed E-state index contributed by atoms with van der Waals surface area (Å²) < 4.78 is 74.2. The van der Waals surface area contributed by atoms with Gasteiger partial charge in [-0.3, -0.25) is 4.79 Å². The molecule has 1 fully saturated rings. The summed E-state index contributed by atoms with van der Waals surface area (Å²) in [5.41, 5.74) is 1.88. The number of hydrogen-bond acceptors (Lipinski definition) is 7. The van der Waals surface area contributed by atoms with Gasteiger partial charge in [0.1, 0.15) is 12.3 Å². The lowest BCUT2D eigenvalue weighted by atomic mass is 9.90. The van der Waals surface area contributed by atoms with Crippen molar-refractivity contribution in [1.29, 1.82) is 0 Å². The second-order valence-corrected chi connectivity index (χ2v) is 12.7. The van der Waals surface area contributed by atoms with Crippen molar-refractivity contribution in [2.45, 2.75) is 68.7 Å². The molecule has 0 aliphatic heterocycles. The molecule has 0 saturated heterocycles. The van der Waals surface area contributed by atoms with Crippen molar-refractivity contribution in [1.82, 2.24) is 14.2 Å². The monoisotopic (exact) mass is 633 g/mol. The SMILES string of the molecule is CCC(=O)NS(=O)(=O)c1ccc(NCC#Cc2cc3c(NC4CCC(N(C)C)CC4)cccc3n2CC(F)(F)F)c(OC)c1. The standard InChI is InChI=1S/C31H38F3N5O4S/c1-5-30(40)37-44(41,42)24-15-16-27(29(19-24)43-4)35-17-7-8-23-18-25-26(36-21-11-13-22(14-12-21)38(2)3)9-6-10-28(25)39(23)20-31(32,33)34/h6,9-10,15-16,18-19,21-22,35-36H,5,11-14,17,20H2,1-4H3,(H,37,40). The van der Waals surface area contributed by atoms with Crippen molar-refractivity contribution in [3.8, 4) is 17.6 Å². The van der Waals surface area contributed by atoms with Crippen molar-refractivity contribution in [2.24, 2.45) is 0 Å². The van der Waals surface area contributed by atoms with Crippen LogP contribution >= 0.6 is 0 Å². The minimum atomic E-state index is -4.44. The number of carbonyl (C=O) groups is 1. The van der Waals surface area contributed by atoms with E-state index in [-0.39, 0.29) is 35.3 Å². The van der Waals surface area contributed by atoms with Crippen LogP contribution in [0.1, 0.15) is 44.7 Å². The second kappa shape index (κ2) is 13.8. The predicted octanol–water partition coefficient (Wildman–Crippen LogP) is 5.18. The molecule has 0 atom stereocenters. The number of nitrogens with zero attached hydrogens (tertiary/aromatic N) is 2. The summed E-state index contributed by atoms with van der Waals surface area (Å²) in [5.74, 6) is 5.31. The minimum absolute atomic E-state index is 0.00632. The molecule has 44 heavy (non-hydrogen) atoms. The zero-order chi connectivity index (χ0) is 32.1. The van der Waals surface area contributed by atoms with Gasteiger partial charge >= 0.3 is 6.18 Å². The Morgan fingerprint density at radius 1 is 1.09 bits per heavy atom. The van der Waals surface area contributed by atoms with E-state index in [1.54, 1.807) is 18.2 Å². The van der Waals surface area contributed by atoms with E-state index in [2.05, 4.69) is 41.5 Å². The van der Waals surface area contributed by atoms with Crippen LogP contribution in [-0.4, -0.2) is 69.8 Å². The highest BCUT2D eigenvalue weighted by Crippen LogP contribution is 2.33. The number of rotatable bonds is 10. The number of anilines is 2. The molecule has 1 aliphatic rings. The summed E-state index contributed by atoms with van der Waals surface area (Å²) in [6, 6.07) is 11.8. The van der Waals surface area contributed by atoms with Crippen LogP contribution in [0, 0.1) is 11.8 Å². The highest BCUT2D eigenvalue weighted by molar-refractivity contribution is 7.90. The molecule has 0 spiro atoms. The number of hydrogen-bond donors (Lipinski definition) is 3. The molecule has 3 N–H and O–H groups in total. The average Bonchev–Trinajstić information content (AvgIpc) is 3.31. The van der Waals surface area contributed by atoms with Gasteiger partial charge in [-0.1, -0.05) is 18.9 Å². The average molecular weight is 634 g/mol. The lowest BCUT2D eigenvalue weighted by molar-refractivity contribution is -0.140. The third kappa shape index (κ3) is 8.18. The van der Waals surface area contributed by atoms with Gasteiger partial charge in [-0.2, -0.15) is 13.2 Å². The van der Waals surface area contributed by atoms with Crippen LogP contribution in [0.4, 0.5) is 24.5 Å². The summed E-state index contributed by atoms with van der Waals surface area (Å²) >= 11 is 0. The maximum Gasteiger partial charge on any atom is 0.406 e. The smallest absolute Gasteiger partial charge is 0.406 e. The van der Waals surface area contributed by atoms with E-state index >= 15 is 0 Å². The van der Waals surface area contributed by atoms with Gasteiger partial charge in [0.05, 0.1) is 35.4 Å². The van der Waals surface area contributed by atoms with Gasteiger partial charge in [0, 0.05) is 35.6 Å². The molecule has 1 saturated carbocycles. The molecule has 0 unspecified atom stereocenters. The Hall–Kier alpha value is -3.89. The van der Waals surface area contributed by atoms with Gasteiger partial charge in [0.2, 0.25) is 5.91 Å². The number of sulfonamides is 1. The topological polar surface area (TPSA) is 105 Å². The predicted molar refractivity (Wildman–Crippen MR) is 165 cm³/mol. The fraction of sp³-hybridized carbons (Fsp3) is 0.452. The van der Waals surface area contributed by atoms with Crippen molar-refractivity contribution in [3.63, 3.8) is 0 Å². The Morgan fingerprint density at radius 3 is 2.45 bits per heavy atom. The first-order chi connectivity index (χ1) is 20.8. The molecule has 13 heteroatoms. The van der Waals surface area contributed by atoms with Crippen LogP contribution in [0.2, 0.25) is 0 Å². The molecule has 0 radical (unpaired) electrons. The number of carbonyl (C=O) groups excluding carboxylic acids is 1. The Balaban J connectivity index is 1.55. The number of amides is 1. The van der Waals surface area contributed by atoms with Crippen LogP contribution in [0.5, 0.6) is 5.75 Å². The number of ether oxygens (including phenoxy) is 1. The highest BCUT2D eigenvalue weighted by atomic mass is 32.2. The lowest BCUT2D eigenvalue weighted by Gasteiger charge is -2.33. The van der Waals surface area contributed by atoms with Crippen molar-refractivity contribution in [2.75, 3.05) is 38.4 Å². The molecule has 9 nitrogen and oxygen atoms in total. The molecule has 1 aliphatic carbocycles.